The van der Waals surface area contributed by atoms with Crippen molar-refractivity contribution in [2.75, 3.05) is 18.0 Å². The maximum Gasteiger partial charge on any atom is 0.132 e. The number of hydrogen-bond acceptors (Lipinski definition) is 4. The topological polar surface area (TPSA) is 38.2 Å². The lowest BCUT2D eigenvalue weighted by molar-refractivity contribution is 0.0302. The molecule has 2 unspecified atom stereocenters. The van der Waals surface area contributed by atoms with Crippen molar-refractivity contribution in [2.24, 2.45) is 0 Å². The highest BCUT2D eigenvalue weighted by Crippen LogP contribution is 2.28. The van der Waals surface area contributed by atoms with Gasteiger partial charge in [0.25, 0.3) is 0 Å². The van der Waals surface area contributed by atoms with Gasteiger partial charge in [-0.05, 0) is 19.8 Å². The first-order valence-corrected chi connectivity index (χ1v) is 5.50. The molecule has 4 heteroatoms. The fourth-order valence-electron chi connectivity index (χ4n) is 2.42. The van der Waals surface area contributed by atoms with E-state index in [1.807, 2.05) is 13.0 Å². The van der Waals surface area contributed by atoms with E-state index in [2.05, 4.69) is 14.9 Å². The van der Waals surface area contributed by atoms with Gasteiger partial charge in [-0.3, -0.25) is 0 Å². The zero-order chi connectivity index (χ0) is 10.3. The Morgan fingerprint density at radius 1 is 1.27 bits per heavy atom. The molecule has 0 aromatic carbocycles. The van der Waals surface area contributed by atoms with Gasteiger partial charge in [0.05, 0.1) is 12.2 Å². The molecule has 0 aliphatic carbocycles. The van der Waals surface area contributed by atoms with Gasteiger partial charge < -0.3 is 9.64 Å². The van der Waals surface area contributed by atoms with Gasteiger partial charge in [0, 0.05) is 24.8 Å². The molecule has 2 aliphatic heterocycles. The summed E-state index contributed by atoms with van der Waals surface area (Å²) in [7, 11) is 0. The van der Waals surface area contributed by atoms with Crippen molar-refractivity contribution in [3.8, 4) is 0 Å². The molecule has 80 valence electrons. The third-order valence-electron chi connectivity index (χ3n) is 3.16. The first kappa shape index (κ1) is 9.09. The highest BCUT2D eigenvalue weighted by atomic mass is 16.5. The molecule has 3 rings (SSSR count). The van der Waals surface area contributed by atoms with Gasteiger partial charge in [-0.1, -0.05) is 0 Å². The molecule has 15 heavy (non-hydrogen) atoms. The van der Waals surface area contributed by atoms with E-state index < -0.39 is 0 Å². The zero-order valence-corrected chi connectivity index (χ0v) is 8.89. The Labute approximate surface area is 89.3 Å². The second kappa shape index (κ2) is 3.45. The average molecular weight is 205 g/mol. The monoisotopic (exact) mass is 205 g/mol. The molecule has 2 saturated heterocycles. The highest BCUT2D eigenvalue weighted by molar-refractivity contribution is 5.39. The molecule has 0 spiro atoms. The summed E-state index contributed by atoms with van der Waals surface area (Å²) in [5, 5.41) is 0. The van der Waals surface area contributed by atoms with Crippen LogP contribution in [0.25, 0.3) is 0 Å². The van der Waals surface area contributed by atoms with Crippen LogP contribution in [0.1, 0.15) is 18.5 Å². The SMILES string of the molecule is Cc1cc(N2CC3CCC(C2)O3)ncn1. The van der Waals surface area contributed by atoms with Gasteiger partial charge in [-0.25, -0.2) is 9.97 Å². The maximum atomic E-state index is 5.79. The highest BCUT2D eigenvalue weighted by Gasteiger charge is 2.34. The summed E-state index contributed by atoms with van der Waals surface area (Å²) >= 11 is 0. The number of nitrogens with zero attached hydrogens (tertiary/aromatic N) is 3. The van der Waals surface area contributed by atoms with Crippen molar-refractivity contribution in [3.63, 3.8) is 0 Å². The molecule has 0 saturated carbocycles. The molecule has 0 N–H and O–H groups in total. The molecule has 2 fully saturated rings. The Bertz CT molecular complexity index is 357. The lowest BCUT2D eigenvalue weighted by atomic mass is 10.2. The maximum absolute atomic E-state index is 5.79. The Morgan fingerprint density at radius 2 is 2.00 bits per heavy atom. The number of aryl methyl sites for hydroxylation is 1. The van der Waals surface area contributed by atoms with Crippen LogP contribution in [0.3, 0.4) is 0 Å². The number of aromatic nitrogens is 2. The number of morpholine rings is 1. The molecule has 2 atom stereocenters. The second-order valence-electron chi connectivity index (χ2n) is 4.38. The van der Waals surface area contributed by atoms with E-state index in [4.69, 9.17) is 4.74 Å². The van der Waals surface area contributed by atoms with Gasteiger partial charge in [0.2, 0.25) is 0 Å². The van der Waals surface area contributed by atoms with Crippen LogP contribution in [-0.4, -0.2) is 35.3 Å². The molecular formula is C11H15N3O. The van der Waals surface area contributed by atoms with Crippen LogP contribution in [-0.2, 0) is 4.74 Å². The van der Waals surface area contributed by atoms with E-state index in [1.165, 1.54) is 12.8 Å². The molecule has 2 aliphatic rings. The summed E-state index contributed by atoms with van der Waals surface area (Å²) < 4.78 is 5.79. The summed E-state index contributed by atoms with van der Waals surface area (Å²) in [6.45, 7) is 3.96. The van der Waals surface area contributed by atoms with Crippen LogP contribution in [0.5, 0.6) is 0 Å². The van der Waals surface area contributed by atoms with Crippen molar-refractivity contribution in [1.82, 2.24) is 9.97 Å². The fourth-order valence-corrected chi connectivity index (χ4v) is 2.42. The van der Waals surface area contributed by atoms with E-state index in [1.54, 1.807) is 6.33 Å². The molecule has 2 bridgehead atoms. The van der Waals surface area contributed by atoms with Crippen molar-refractivity contribution in [1.29, 1.82) is 0 Å². The first-order valence-electron chi connectivity index (χ1n) is 5.50. The van der Waals surface area contributed by atoms with Crippen LogP contribution in [0.4, 0.5) is 5.82 Å². The van der Waals surface area contributed by atoms with E-state index >= 15 is 0 Å². The van der Waals surface area contributed by atoms with Gasteiger partial charge in [0.1, 0.15) is 12.1 Å². The smallest absolute Gasteiger partial charge is 0.132 e. The molecule has 0 radical (unpaired) electrons. The Hall–Kier alpha value is -1.16. The minimum Gasteiger partial charge on any atom is -0.371 e. The predicted molar refractivity (Wildman–Crippen MR) is 56.9 cm³/mol. The minimum atomic E-state index is 0.416. The lowest BCUT2D eigenvalue weighted by Gasteiger charge is -2.32. The van der Waals surface area contributed by atoms with Crippen LogP contribution in [0.15, 0.2) is 12.4 Å². The Kier molecular flexibility index (Phi) is 2.09. The fraction of sp³-hybridized carbons (Fsp3) is 0.636. The number of ether oxygens (including phenoxy) is 1. The Morgan fingerprint density at radius 3 is 2.67 bits per heavy atom. The summed E-state index contributed by atoms with van der Waals surface area (Å²) in [6.07, 6.45) is 4.87. The van der Waals surface area contributed by atoms with Crippen molar-refractivity contribution in [3.05, 3.63) is 18.1 Å². The van der Waals surface area contributed by atoms with Crippen LogP contribution < -0.4 is 4.90 Å². The number of anilines is 1. The number of fused-ring (bicyclic) bond motifs is 2. The third kappa shape index (κ3) is 1.69. The van der Waals surface area contributed by atoms with E-state index in [0.29, 0.717) is 12.2 Å². The minimum absolute atomic E-state index is 0.416. The average Bonchev–Trinajstić information content (AvgIpc) is 2.58. The zero-order valence-electron chi connectivity index (χ0n) is 8.89. The lowest BCUT2D eigenvalue weighted by Crippen LogP contribution is -2.43. The molecule has 4 nitrogen and oxygen atoms in total. The van der Waals surface area contributed by atoms with Gasteiger partial charge in [-0.15, -0.1) is 0 Å². The summed E-state index contributed by atoms with van der Waals surface area (Å²) in [5.41, 5.74) is 1.03. The molecule has 3 heterocycles. The second-order valence-corrected chi connectivity index (χ2v) is 4.38. The standard InChI is InChI=1S/C11H15N3O/c1-8-4-11(13-7-12-8)14-5-9-2-3-10(6-14)15-9/h4,7,9-10H,2-3,5-6H2,1H3. The van der Waals surface area contributed by atoms with Crippen LogP contribution in [0.2, 0.25) is 0 Å². The number of rotatable bonds is 1. The summed E-state index contributed by atoms with van der Waals surface area (Å²) in [6, 6.07) is 2.05. The van der Waals surface area contributed by atoms with Gasteiger partial charge >= 0.3 is 0 Å². The van der Waals surface area contributed by atoms with Gasteiger partial charge in [0.15, 0.2) is 0 Å². The normalized spacial score (nSPS) is 29.5. The van der Waals surface area contributed by atoms with Crippen LogP contribution in [0, 0.1) is 6.92 Å². The van der Waals surface area contributed by atoms with E-state index in [0.717, 1.165) is 24.6 Å². The quantitative estimate of drug-likeness (QED) is 0.689. The Balaban J connectivity index is 1.83. The molecule has 1 aromatic heterocycles. The summed E-state index contributed by atoms with van der Waals surface area (Å²) in [4.78, 5) is 10.8. The summed E-state index contributed by atoms with van der Waals surface area (Å²) in [5.74, 6) is 1.04. The van der Waals surface area contributed by atoms with Crippen LogP contribution >= 0.6 is 0 Å². The molecular weight excluding hydrogens is 190 g/mol. The molecule has 0 amide bonds. The third-order valence-corrected chi connectivity index (χ3v) is 3.16. The van der Waals surface area contributed by atoms with Crippen molar-refractivity contribution < 1.29 is 4.74 Å². The first-order chi connectivity index (χ1) is 7.31. The van der Waals surface area contributed by atoms with Gasteiger partial charge in [-0.2, -0.15) is 0 Å². The van der Waals surface area contributed by atoms with E-state index in [9.17, 15) is 0 Å². The largest absolute Gasteiger partial charge is 0.371 e. The molecule has 1 aromatic rings. The van der Waals surface area contributed by atoms with Crippen molar-refractivity contribution in [2.45, 2.75) is 32.0 Å². The van der Waals surface area contributed by atoms with Crippen molar-refractivity contribution >= 4 is 5.82 Å². The van der Waals surface area contributed by atoms with E-state index in [-0.39, 0.29) is 0 Å². The number of hydrogen-bond donors (Lipinski definition) is 0. The predicted octanol–water partition coefficient (Wildman–Crippen LogP) is 1.15.